The highest BCUT2D eigenvalue weighted by Crippen LogP contribution is 2.24. The lowest BCUT2D eigenvalue weighted by atomic mass is 10.3. The maximum atomic E-state index is 13.3. The van der Waals surface area contributed by atoms with E-state index in [0.29, 0.717) is 0 Å². The van der Waals surface area contributed by atoms with Gasteiger partial charge in [0.15, 0.2) is 15.3 Å². The van der Waals surface area contributed by atoms with Crippen LogP contribution in [0.5, 0.6) is 0 Å². The van der Waals surface area contributed by atoms with Gasteiger partial charge in [0, 0.05) is 0 Å². The van der Waals surface area contributed by atoms with Crippen LogP contribution in [0.1, 0.15) is 6.42 Å². The minimum Gasteiger partial charge on any atom is -0.469 e. The molecular formula is C11H13FO4S2. The maximum absolute atomic E-state index is 13.3. The van der Waals surface area contributed by atoms with E-state index in [9.17, 15) is 17.6 Å². The Morgan fingerprint density at radius 3 is 2.39 bits per heavy atom. The van der Waals surface area contributed by atoms with Crippen LogP contribution in [0.15, 0.2) is 35.2 Å². The van der Waals surface area contributed by atoms with Gasteiger partial charge in [0.2, 0.25) is 0 Å². The number of hydrogen-bond donors (Lipinski definition) is 1. The van der Waals surface area contributed by atoms with Crippen molar-refractivity contribution in [2.75, 3.05) is 7.11 Å². The Labute approximate surface area is 110 Å². The standard InChI is InChI=1S/C11H13FO4S2/c1-16-10(13)7-9(11(12)17)18(14,15)8-5-3-2-4-6-8/h2-6,9,11,17H,7H2,1H3. The zero-order chi connectivity index (χ0) is 13.8. The molecule has 0 aliphatic carbocycles. The number of esters is 1. The highest BCUT2D eigenvalue weighted by atomic mass is 32.2. The number of methoxy groups -OCH3 is 1. The fraction of sp³-hybridized carbons (Fsp3) is 0.364. The summed E-state index contributed by atoms with van der Waals surface area (Å²) in [5.41, 5.74) is -1.96. The van der Waals surface area contributed by atoms with Crippen LogP contribution < -0.4 is 0 Å². The van der Waals surface area contributed by atoms with Gasteiger partial charge in [0.05, 0.1) is 18.4 Å². The van der Waals surface area contributed by atoms with E-state index in [4.69, 9.17) is 0 Å². The molecule has 0 N–H and O–H groups in total. The van der Waals surface area contributed by atoms with Gasteiger partial charge in [-0.2, -0.15) is 0 Å². The first-order chi connectivity index (χ1) is 8.39. The molecule has 0 amide bonds. The number of ether oxygens (including phenoxy) is 1. The summed E-state index contributed by atoms with van der Waals surface area (Å²) in [5.74, 6) is -0.795. The van der Waals surface area contributed by atoms with Gasteiger partial charge in [0.25, 0.3) is 0 Å². The van der Waals surface area contributed by atoms with E-state index in [-0.39, 0.29) is 4.90 Å². The second kappa shape index (κ2) is 6.19. The first kappa shape index (κ1) is 15.0. The predicted molar refractivity (Wildman–Crippen MR) is 67.9 cm³/mol. The molecule has 1 rings (SSSR count). The fourth-order valence-electron chi connectivity index (χ4n) is 1.39. The number of carbonyl (C=O) groups is 1. The van der Waals surface area contributed by atoms with Gasteiger partial charge in [0.1, 0.15) is 5.25 Å². The lowest BCUT2D eigenvalue weighted by molar-refractivity contribution is -0.140. The normalized spacial score (nSPS) is 14.8. The molecule has 0 heterocycles. The molecule has 0 bridgehead atoms. The summed E-state index contributed by atoms with van der Waals surface area (Å²) in [6.07, 6.45) is -0.571. The molecule has 1 aromatic carbocycles. The Hall–Kier alpha value is -1.08. The monoisotopic (exact) mass is 292 g/mol. The molecule has 1 aromatic rings. The van der Waals surface area contributed by atoms with Gasteiger partial charge < -0.3 is 4.74 Å². The molecule has 0 fully saturated rings. The number of carbonyl (C=O) groups excluding carboxylic acids is 1. The Balaban J connectivity index is 3.10. The Morgan fingerprint density at radius 1 is 1.39 bits per heavy atom. The van der Waals surface area contributed by atoms with Gasteiger partial charge in [-0.05, 0) is 12.1 Å². The summed E-state index contributed by atoms with van der Waals surface area (Å²) < 4.78 is 41.9. The van der Waals surface area contributed by atoms with Crippen molar-refractivity contribution in [3.8, 4) is 0 Å². The largest absolute Gasteiger partial charge is 0.469 e. The van der Waals surface area contributed by atoms with Gasteiger partial charge in [-0.25, -0.2) is 12.8 Å². The van der Waals surface area contributed by atoms with E-state index in [1.165, 1.54) is 24.3 Å². The van der Waals surface area contributed by atoms with Crippen molar-refractivity contribution in [2.45, 2.75) is 22.1 Å². The Kier molecular flexibility index (Phi) is 5.15. The highest BCUT2D eigenvalue weighted by Gasteiger charge is 2.35. The average molecular weight is 292 g/mol. The summed E-state index contributed by atoms with van der Waals surface area (Å²) in [7, 11) is -2.85. The molecule has 100 valence electrons. The third kappa shape index (κ3) is 3.46. The third-order valence-electron chi connectivity index (χ3n) is 2.37. The van der Waals surface area contributed by atoms with Crippen LogP contribution in [0, 0.1) is 0 Å². The maximum Gasteiger partial charge on any atom is 0.306 e. The van der Waals surface area contributed by atoms with Crippen LogP contribution in [-0.4, -0.2) is 32.3 Å². The van der Waals surface area contributed by atoms with Crippen LogP contribution in [0.25, 0.3) is 0 Å². The van der Waals surface area contributed by atoms with Crippen molar-refractivity contribution in [1.29, 1.82) is 0 Å². The van der Waals surface area contributed by atoms with Crippen LogP contribution >= 0.6 is 12.6 Å². The lowest BCUT2D eigenvalue weighted by Crippen LogP contribution is -2.31. The van der Waals surface area contributed by atoms with Crippen molar-refractivity contribution in [1.82, 2.24) is 0 Å². The summed E-state index contributed by atoms with van der Waals surface area (Å²) in [4.78, 5) is 11.1. The van der Waals surface area contributed by atoms with Crippen LogP contribution in [0.4, 0.5) is 4.39 Å². The first-order valence-corrected chi connectivity index (χ1v) is 7.13. The van der Waals surface area contributed by atoms with E-state index in [1.807, 2.05) is 0 Å². The van der Waals surface area contributed by atoms with E-state index in [0.717, 1.165) is 7.11 Å². The van der Waals surface area contributed by atoms with Gasteiger partial charge >= 0.3 is 5.97 Å². The third-order valence-corrected chi connectivity index (χ3v) is 5.07. The predicted octanol–water partition coefficient (Wildman–Crippen LogP) is 1.62. The van der Waals surface area contributed by atoms with E-state index in [2.05, 4.69) is 17.4 Å². The molecule has 7 heteroatoms. The zero-order valence-electron chi connectivity index (χ0n) is 9.61. The van der Waals surface area contributed by atoms with Crippen LogP contribution in [-0.2, 0) is 19.4 Å². The molecule has 2 atom stereocenters. The van der Waals surface area contributed by atoms with Crippen molar-refractivity contribution < 1.29 is 22.3 Å². The van der Waals surface area contributed by atoms with E-state index < -0.39 is 33.0 Å². The Bertz CT molecular complexity index is 499. The van der Waals surface area contributed by atoms with E-state index in [1.54, 1.807) is 6.07 Å². The highest BCUT2D eigenvalue weighted by molar-refractivity contribution is 7.93. The Morgan fingerprint density at radius 2 is 1.94 bits per heavy atom. The smallest absolute Gasteiger partial charge is 0.306 e. The number of thiol groups is 1. The molecule has 2 unspecified atom stereocenters. The number of rotatable bonds is 5. The molecule has 0 saturated heterocycles. The van der Waals surface area contributed by atoms with Crippen molar-refractivity contribution in [2.24, 2.45) is 0 Å². The summed E-state index contributed by atoms with van der Waals surface area (Å²) >= 11 is 3.50. The average Bonchev–Trinajstić information content (AvgIpc) is 2.36. The number of hydrogen-bond acceptors (Lipinski definition) is 5. The second-order valence-electron chi connectivity index (χ2n) is 3.55. The molecule has 18 heavy (non-hydrogen) atoms. The topological polar surface area (TPSA) is 60.4 Å². The van der Waals surface area contributed by atoms with E-state index >= 15 is 0 Å². The van der Waals surface area contributed by atoms with Crippen LogP contribution in [0.3, 0.4) is 0 Å². The molecule has 4 nitrogen and oxygen atoms in total. The molecule has 0 aromatic heterocycles. The van der Waals surface area contributed by atoms with Gasteiger partial charge in [-0.1, -0.05) is 18.2 Å². The minimum absolute atomic E-state index is 0.0457. The summed E-state index contributed by atoms with van der Waals surface area (Å²) in [6, 6.07) is 7.37. The second-order valence-corrected chi connectivity index (χ2v) is 6.21. The van der Waals surface area contributed by atoms with Crippen LogP contribution in [0.2, 0.25) is 0 Å². The molecule has 0 saturated carbocycles. The fourth-order valence-corrected chi connectivity index (χ4v) is 3.51. The molecule has 0 aliphatic heterocycles. The van der Waals surface area contributed by atoms with Crippen molar-refractivity contribution in [3.05, 3.63) is 30.3 Å². The molecule has 0 aliphatic rings. The number of sulfone groups is 1. The molecular weight excluding hydrogens is 279 g/mol. The number of benzene rings is 1. The zero-order valence-corrected chi connectivity index (χ0v) is 11.3. The lowest BCUT2D eigenvalue weighted by Gasteiger charge is -2.17. The van der Waals surface area contributed by atoms with Crippen molar-refractivity contribution in [3.63, 3.8) is 0 Å². The summed E-state index contributed by atoms with van der Waals surface area (Å²) in [6.45, 7) is 0. The molecule has 0 spiro atoms. The molecule has 0 radical (unpaired) electrons. The summed E-state index contributed by atoms with van der Waals surface area (Å²) in [5, 5.41) is -1.56. The number of halogens is 1. The van der Waals surface area contributed by atoms with Gasteiger partial charge in [-0.3, -0.25) is 4.79 Å². The number of alkyl halides is 1. The SMILES string of the molecule is COC(=O)CC(C(F)S)S(=O)(=O)c1ccccc1. The van der Waals surface area contributed by atoms with Gasteiger partial charge in [-0.15, -0.1) is 12.6 Å². The first-order valence-electron chi connectivity index (χ1n) is 5.07. The van der Waals surface area contributed by atoms with Crippen molar-refractivity contribution >= 4 is 28.4 Å². The minimum atomic E-state index is -3.96. The quantitative estimate of drug-likeness (QED) is 0.662.